The lowest BCUT2D eigenvalue weighted by Crippen LogP contribution is -2.31. The Morgan fingerprint density at radius 1 is 1.28 bits per heavy atom. The first kappa shape index (κ1) is 22.1. The number of ether oxygens (including phenoxy) is 1. The van der Waals surface area contributed by atoms with Crippen molar-refractivity contribution >= 4 is 28.1 Å². The van der Waals surface area contributed by atoms with Gasteiger partial charge in [0.05, 0.1) is 24.0 Å². The normalized spacial score (nSPS) is 14.1. The Morgan fingerprint density at radius 3 is 2.84 bits per heavy atom. The average molecular weight is 462 g/mol. The number of aromatic nitrogens is 1. The molecule has 0 spiro atoms. The van der Waals surface area contributed by atoms with E-state index in [1.165, 1.54) is 30.6 Å². The Hall–Kier alpha value is -3.11. The first-order valence-electron chi connectivity index (χ1n) is 9.85. The number of anilines is 2. The standard InChI is InChI=1S/C22H21F3N4O2S/c1-31-18-7-12(2-4-16(18)22(23,24)25)6-15(26)10-27-21-28-11-19(32-21)13-3-5-17-14(8-13)9-20(30)29-17/h2-5,7-8,11,15H,6,9-10,26H2,1H3,(H,27,28)(H,29,30)/t15-/m0/s1. The molecule has 32 heavy (non-hydrogen) atoms. The minimum Gasteiger partial charge on any atom is -0.496 e. The minimum atomic E-state index is -4.47. The van der Waals surface area contributed by atoms with E-state index in [0.29, 0.717) is 30.1 Å². The van der Waals surface area contributed by atoms with Gasteiger partial charge >= 0.3 is 6.18 Å². The van der Waals surface area contributed by atoms with Gasteiger partial charge in [-0.3, -0.25) is 4.79 Å². The van der Waals surface area contributed by atoms with Crippen molar-refractivity contribution in [1.82, 2.24) is 4.98 Å². The summed E-state index contributed by atoms with van der Waals surface area (Å²) in [6.07, 6.45) is -1.96. The average Bonchev–Trinajstić information content (AvgIpc) is 3.36. The molecule has 0 saturated carbocycles. The molecule has 0 unspecified atom stereocenters. The van der Waals surface area contributed by atoms with Gasteiger partial charge in [-0.2, -0.15) is 13.2 Å². The molecule has 0 aliphatic carbocycles. The van der Waals surface area contributed by atoms with Crippen LogP contribution in [0.2, 0.25) is 0 Å². The highest BCUT2D eigenvalue weighted by Gasteiger charge is 2.34. The number of halogens is 3. The first-order valence-corrected chi connectivity index (χ1v) is 10.7. The number of alkyl halides is 3. The van der Waals surface area contributed by atoms with Gasteiger partial charge < -0.3 is 21.1 Å². The molecule has 10 heteroatoms. The number of amides is 1. The first-order chi connectivity index (χ1) is 15.2. The summed E-state index contributed by atoms with van der Waals surface area (Å²) in [5.74, 6) is -0.227. The van der Waals surface area contributed by atoms with Crippen LogP contribution in [0.1, 0.15) is 16.7 Å². The van der Waals surface area contributed by atoms with Crippen molar-refractivity contribution in [3.63, 3.8) is 0 Å². The molecule has 1 aliphatic rings. The van der Waals surface area contributed by atoms with Crippen LogP contribution in [0.15, 0.2) is 42.6 Å². The number of carbonyl (C=O) groups excluding carboxylic acids is 1. The molecule has 4 N–H and O–H groups in total. The fraction of sp³-hybridized carbons (Fsp3) is 0.273. The highest BCUT2D eigenvalue weighted by molar-refractivity contribution is 7.18. The molecule has 0 radical (unpaired) electrons. The Kier molecular flexibility index (Phi) is 6.07. The number of hydrogen-bond donors (Lipinski definition) is 3. The van der Waals surface area contributed by atoms with Crippen LogP contribution in [0.3, 0.4) is 0 Å². The zero-order chi connectivity index (χ0) is 22.9. The second-order valence-corrected chi connectivity index (χ2v) is 8.53. The van der Waals surface area contributed by atoms with Crippen molar-refractivity contribution in [3.8, 4) is 16.2 Å². The Balaban J connectivity index is 1.36. The van der Waals surface area contributed by atoms with Crippen LogP contribution in [0.25, 0.3) is 10.4 Å². The van der Waals surface area contributed by atoms with Crippen LogP contribution in [0.5, 0.6) is 5.75 Å². The van der Waals surface area contributed by atoms with E-state index in [1.54, 1.807) is 6.20 Å². The summed E-state index contributed by atoms with van der Waals surface area (Å²) in [5.41, 5.74) is 8.80. The van der Waals surface area contributed by atoms with E-state index in [0.717, 1.165) is 27.8 Å². The molecule has 0 fully saturated rings. The van der Waals surface area contributed by atoms with E-state index in [4.69, 9.17) is 10.5 Å². The summed E-state index contributed by atoms with van der Waals surface area (Å²) in [7, 11) is 1.21. The number of nitrogens with zero attached hydrogens (tertiary/aromatic N) is 1. The SMILES string of the molecule is COc1cc(C[C@H](N)CNc2ncc(-c3ccc4c(c3)CC(=O)N4)s2)ccc1C(F)(F)F. The van der Waals surface area contributed by atoms with Crippen LogP contribution in [-0.4, -0.2) is 30.6 Å². The molecule has 1 atom stereocenters. The number of rotatable bonds is 7. The van der Waals surface area contributed by atoms with Crippen LogP contribution in [0.4, 0.5) is 24.0 Å². The molecule has 6 nitrogen and oxygen atoms in total. The summed E-state index contributed by atoms with van der Waals surface area (Å²) in [4.78, 5) is 16.9. The summed E-state index contributed by atoms with van der Waals surface area (Å²) >= 11 is 1.46. The number of methoxy groups -OCH3 is 1. The highest BCUT2D eigenvalue weighted by Crippen LogP contribution is 2.37. The predicted molar refractivity (Wildman–Crippen MR) is 118 cm³/mol. The number of fused-ring (bicyclic) bond motifs is 1. The van der Waals surface area contributed by atoms with Crippen molar-refractivity contribution < 1.29 is 22.7 Å². The molecule has 2 heterocycles. The van der Waals surface area contributed by atoms with Gasteiger partial charge in [-0.15, -0.1) is 0 Å². The lowest BCUT2D eigenvalue weighted by atomic mass is 10.0. The van der Waals surface area contributed by atoms with E-state index >= 15 is 0 Å². The molecule has 3 aromatic rings. The molecule has 2 aromatic carbocycles. The summed E-state index contributed by atoms with van der Waals surface area (Å²) in [5, 5.41) is 6.68. The highest BCUT2D eigenvalue weighted by atomic mass is 32.1. The fourth-order valence-electron chi connectivity index (χ4n) is 3.56. The summed E-state index contributed by atoms with van der Waals surface area (Å²) in [6.45, 7) is 0.402. The molecular formula is C22H21F3N4O2S. The van der Waals surface area contributed by atoms with Crippen LogP contribution in [0, 0.1) is 0 Å². The van der Waals surface area contributed by atoms with Crippen molar-refractivity contribution in [2.24, 2.45) is 5.73 Å². The van der Waals surface area contributed by atoms with Gasteiger partial charge in [-0.05, 0) is 47.4 Å². The van der Waals surface area contributed by atoms with Gasteiger partial charge in [0.15, 0.2) is 5.13 Å². The summed E-state index contributed by atoms with van der Waals surface area (Å²) < 4.78 is 43.9. The number of nitrogens with two attached hydrogens (primary N) is 1. The lowest BCUT2D eigenvalue weighted by molar-refractivity contribution is -0.138. The van der Waals surface area contributed by atoms with Gasteiger partial charge in [0, 0.05) is 24.5 Å². The lowest BCUT2D eigenvalue weighted by Gasteiger charge is -2.16. The molecule has 4 rings (SSSR count). The minimum absolute atomic E-state index is 0.0107. The van der Waals surface area contributed by atoms with Crippen LogP contribution >= 0.6 is 11.3 Å². The van der Waals surface area contributed by atoms with Gasteiger partial charge in [0.1, 0.15) is 5.75 Å². The van der Waals surface area contributed by atoms with Gasteiger partial charge in [0.2, 0.25) is 5.91 Å². The zero-order valence-corrected chi connectivity index (χ0v) is 17.9. The van der Waals surface area contributed by atoms with Crippen molar-refractivity contribution in [2.45, 2.75) is 25.1 Å². The Bertz CT molecular complexity index is 1150. The van der Waals surface area contributed by atoms with Gasteiger partial charge in [-0.1, -0.05) is 23.5 Å². The number of carbonyl (C=O) groups is 1. The van der Waals surface area contributed by atoms with Crippen LogP contribution < -0.4 is 21.1 Å². The number of thiazole rings is 1. The second-order valence-electron chi connectivity index (χ2n) is 7.50. The molecule has 0 saturated heterocycles. The Labute approximate surface area is 186 Å². The molecular weight excluding hydrogens is 441 g/mol. The fourth-order valence-corrected chi connectivity index (χ4v) is 4.38. The largest absolute Gasteiger partial charge is 0.496 e. The topological polar surface area (TPSA) is 89.3 Å². The van der Waals surface area contributed by atoms with Crippen molar-refractivity contribution in [3.05, 3.63) is 59.3 Å². The predicted octanol–water partition coefficient (Wildman–Crippen LogP) is 4.31. The molecule has 1 aliphatic heterocycles. The van der Waals surface area contributed by atoms with E-state index < -0.39 is 11.7 Å². The van der Waals surface area contributed by atoms with E-state index in [2.05, 4.69) is 15.6 Å². The number of benzene rings is 2. The van der Waals surface area contributed by atoms with Crippen molar-refractivity contribution in [2.75, 3.05) is 24.3 Å². The number of hydrogen-bond acceptors (Lipinski definition) is 6. The van der Waals surface area contributed by atoms with Gasteiger partial charge in [-0.25, -0.2) is 4.98 Å². The smallest absolute Gasteiger partial charge is 0.419 e. The van der Waals surface area contributed by atoms with Crippen molar-refractivity contribution in [1.29, 1.82) is 0 Å². The maximum absolute atomic E-state index is 13.0. The third-order valence-electron chi connectivity index (χ3n) is 5.11. The molecule has 1 aromatic heterocycles. The van der Waals surface area contributed by atoms with E-state index in [-0.39, 0.29) is 17.7 Å². The van der Waals surface area contributed by atoms with Gasteiger partial charge in [0.25, 0.3) is 0 Å². The zero-order valence-electron chi connectivity index (χ0n) is 17.1. The second kappa shape index (κ2) is 8.79. The van der Waals surface area contributed by atoms with E-state index in [9.17, 15) is 18.0 Å². The van der Waals surface area contributed by atoms with Crippen LogP contribution in [-0.2, 0) is 23.8 Å². The quantitative estimate of drug-likeness (QED) is 0.487. The molecule has 168 valence electrons. The molecule has 0 bridgehead atoms. The third kappa shape index (κ3) is 4.86. The Morgan fingerprint density at radius 2 is 2.09 bits per heavy atom. The number of nitrogens with one attached hydrogen (secondary N) is 2. The van der Waals surface area contributed by atoms with E-state index in [1.807, 2.05) is 18.2 Å². The maximum Gasteiger partial charge on any atom is 0.419 e. The maximum atomic E-state index is 13.0. The monoisotopic (exact) mass is 462 g/mol. The molecule has 1 amide bonds. The third-order valence-corrected chi connectivity index (χ3v) is 6.11. The summed E-state index contributed by atoms with van der Waals surface area (Å²) in [6, 6.07) is 9.27.